The average Bonchev–Trinajstić information content (AvgIpc) is 3.28. The summed E-state index contributed by atoms with van der Waals surface area (Å²) in [4.78, 5) is 41.6. The molecule has 0 saturated heterocycles. The molecule has 1 saturated carbocycles. The van der Waals surface area contributed by atoms with Crippen molar-refractivity contribution in [2.24, 2.45) is 29.1 Å². The van der Waals surface area contributed by atoms with E-state index in [0.717, 1.165) is 40.7 Å². The topological polar surface area (TPSA) is 51.2 Å². The van der Waals surface area contributed by atoms with Gasteiger partial charge in [-0.3, -0.25) is 14.4 Å². The number of hydrogen-bond donors (Lipinski definition) is 0. The molecule has 0 spiro atoms. The lowest BCUT2D eigenvalue weighted by Crippen LogP contribution is -2.38. The molecule has 1 aliphatic carbocycles. The maximum absolute atomic E-state index is 14.3. The van der Waals surface area contributed by atoms with E-state index in [4.69, 9.17) is 0 Å². The van der Waals surface area contributed by atoms with E-state index in [-0.39, 0.29) is 46.4 Å². The minimum atomic E-state index is -0.324. The first-order chi connectivity index (χ1) is 19.5. The van der Waals surface area contributed by atoms with Crippen LogP contribution >= 0.6 is 0 Å². The second-order valence-electron chi connectivity index (χ2n) is 13.1. The van der Waals surface area contributed by atoms with Crippen molar-refractivity contribution in [1.29, 1.82) is 0 Å². The molecule has 4 atom stereocenters. The summed E-state index contributed by atoms with van der Waals surface area (Å²) in [5, 5.41) is 0. The summed E-state index contributed by atoms with van der Waals surface area (Å²) in [7, 11) is 0. The number of aryl methyl sites for hydroxylation is 3. The molecule has 4 unspecified atom stereocenters. The first-order valence-electron chi connectivity index (χ1n) is 15.2. The van der Waals surface area contributed by atoms with Crippen LogP contribution in [0.3, 0.4) is 0 Å². The van der Waals surface area contributed by atoms with Crippen LogP contribution in [0.15, 0.2) is 72.8 Å². The van der Waals surface area contributed by atoms with Crippen LogP contribution in [-0.2, 0) is 22.4 Å². The molecule has 3 aromatic rings. The van der Waals surface area contributed by atoms with E-state index >= 15 is 0 Å². The molecule has 4 rings (SSSR count). The van der Waals surface area contributed by atoms with E-state index in [1.807, 2.05) is 57.2 Å². The molecule has 3 nitrogen and oxygen atoms in total. The summed E-state index contributed by atoms with van der Waals surface area (Å²) in [6.45, 7) is 12.4. The molecule has 3 aromatic carbocycles. The normalized spacial score (nSPS) is 19.5. The first-order valence-corrected chi connectivity index (χ1v) is 15.2. The number of Topliss-reactive ketones (excluding diaryl/α,β-unsaturated/α-hetero) is 3. The van der Waals surface area contributed by atoms with Gasteiger partial charge in [0, 0.05) is 36.2 Å². The molecule has 41 heavy (non-hydrogen) atoms. The predicted molar refractivity (Wildman–Crippen MR) is 167 cm³/mol. The maximum Gasteiger partial charge on any atom is 0.163 e. The Morgan fingerprint density at radius 2 is 1.54 bits per heavy atom. The summed E-state index contributed by atoms with van der Waals surface area (Å²) in [5.74, 6) is -0.595. The Balaban J connectivity index is 1.55. The van der Waals surface area contributed by atoms with Crippen LogP contribution in [0.5, 0.6) is 0 Å². The van der Waals surface area contributed by atoms with E-state index in [1.54, 1.807) is 0 Å². The van der Waals surface area contributed by atoms with Gasteiger partial charge in [0.1, 0.15) is 11.6 Å². The van der Waals surface area contributed by atoms with Gasteiger partial charge in [-0.2, -0.15) is 0 Å². The maximum atomic E-state index is 14.3. The Labute approximate surface area is 246 Å². The van der Waals surface area contributed by atoms with Gasteiger partial charge in [-0.25, -0.2) is 0 Å². The number of benzene rings is 3. The highest BCUT2D eigenvalue weighted by Gasteiger charge is 2.49. The molecule has 3 heteroatoms. The minimum absolute atomic E-state index is 0.0873. The Kier molecular flexibility index (Phi) is 9.79. The molecule has 0 amide bonds. The highest BCUT2D eigenvalue weighted by molar-refractivity contribution is 5.98. The van der Waals surface area contributed by atoms with Gasteiger partial charge in [-0.05, 0) is 80.0 Å². The van der Waals surface area contributed by atoms with E-state index < -0.39 is 0 Å². The largest absolute Gasteiger partial charge is 0.299 e. The van der Waals surface area contributed by atoms with Crippen LogP contribution in [0.25, 0.3) is 0 Å². The Morgan fingerprint density at radius 3 is 2.22 bits per heavy atom. The highest BCUT2D eigenvalue weighted by atomic mass is 16.1. The lowest BCUT2D eigenvalue weighted by molar-refractivity contribution is -0.136. The molecule has 216 valence electrons. The number of hydrogen-bond acceptors (Lipinski definition) is 3. The fourth-order valence-electron chi connectivity index (χ4n) is 6.85. The molecule has 0 heterocycles. The van der Waals surface area contributed by atoms with Gasteiger partial charge in [0.2, 0.25) is 0 Å². The van der Waals surface area contributed by atoms with Crippen molar-refractivity contribution in [3.63, 3.8) is 0 Å². The van der Waals surface area contributed by atoms with E-state index in [0.29, 0.717) is 25.7 Å². The van der Waals surface area contributed by atoms with Gasteiger partial charge < -0.3 is 0 Å². The lowest BCUT2D eigenvalue weighted by atomic mass is 9.70. The Bertz CT molecular complexity index is 1370. The lowest BCUT2D eigenvalue weighted by Gasteiger charge is -2.32. The predicted octanol–water partition coefficient (Wildman–Crippen LogP) is 8.50. The monoisotopic (exact) mass is 550 g/mol. The van der Waals surface area contributed by atoms with E-state index in [1.165, 1.54) is 5.56 Å². The Hall–Kier alpha value is -3.33. The van der Waals surface area contributed by atoms with E-state index in [9.17, 15) is 14.4 Å². The zero-order valence-corrected chi connectivity index (χ0v) is 25.7. The van der Waals surface area contributed by atoms with Crippen molar-refractivity contribution in [2.75, 3.05) is 0 Å². The SMILES string of the molecule is Cc1ccc(CCC(=O)C2C(C(=O)C(C)C(CC(=O)c3cccc(C)c3C)Cc3ccccc3)CCC2(C)C)cc1. The summed E-state index contributed by atoms with van der Waals surface area (Å²) in [5.41, 5.74) is 6.12. The molecule has 0 bridgehead atoms. The number of ketones is 3. The molecule has 1 aliphatic rings. The summed E-state index contributed by atoms with van der Waals surface area (Å²) in [6.07, 6.45) is 3.72. The van der Waals surface area contributed by atoms with Gasteiger partial charge in [-0.1, -0.05) is 99.1 Å². The number of carbonyl (C=O) groups is 3. The van der Waals surface area contributed by atoms with Gasteiger partial charge in [0.15, 0.2) is 5.78 Å². The van der Waals surface area contributed by atoms with Crippen molar-refractivity contribution in [1.82, 2.24) is 0 Å². The fourth-order valence-corrected chi connectivity index (χ4v) is 6.85. The van der Waals surface area contributed by atoms with Gasteiger partial charge in [-0.15, -0.1) is 0 Å². The van der Waals surface area contributed by atoms with Crippen molar-refractivity contribution in [3.05, 3.63) is 106 Å². The highest BCUT2D eigenvalue weighted by Crippen LogP contribution is 2.49. The van der Waals surface area contributed by atoms with Crippen LogP contribution in [0, 0.1) is 49.9 Å². The van der Waals surface area contributed by atoms with Crippen LogP contribution < -0.4 is 0 Å². The molecule has 0 radical (unpaired) electrons. The van der Waals surface area contributed by atoms with Crippen LogP contribution in [0.4, 0.5) is 0 Å². The molecule has 0 aliphatic heterocycles. The van der Waals surface area contributed by atoms with Gasteiger partial charge in [0.05, 0.1) is 0 Å². The van der Waals surface area contributed by atoms with Crippen molar-refractivity contribution in [3.8, 4) is 0 Å². The molecule has 0 N–H and O–H groups in total. The summed E-state index contributed by atoms with van der Waals surface area (Å²) < 4.78 is 0. The minimum Gasteiger partial charge on any atom is -0.299 e. The molecular formula is C38H46O3. The zero-order valence-electron chi connectivity index (χ0n) is 25.7. The first kappa shape index (κ1) is 30.6. The Morgan fingerprint density at radius 1 is 0.854 bits per heavy atom. The second-order valence-corrected chi connectivity index (χ2v) is 13.1. The fraction of sp³-hybridized carbons (Fsp3) is 0.447. The summed E-state index contributed by atoms with van der Waals surface area (Å²) >= 11 is 0. The molecule has 0 aromatic heterocycles. The van der Waals surface area contributed by atoms with Crippen molar-refractivity contribution in [2.45, 2.75) is 80.1 Å². The summed E-state index contributed by atoms with van der Waals surface area (Å²) in [6, 6.07) is 24.4. The third-order valence-corrected chi connectivity index (χ3v) is 9.69. The van der Waals surface area contributed by atoms with Crippen molar-refractivity contribution >= 4 is 17.3 Å². The van der Waals surface area contributed by atoms with Crippen molar-refractivity contribution < 1.29 is 14.4 Å². The number of rotatable bonds is 12. The van der Waals surface area contributed by atoms with Crippen LogP contribution in [-0.4, -0.2) is 17.3 Å². The average molecular weight is 551 g/mol. The van der Waals surface area contributed by atoms with Crippen LogP contribution in [0.2, 0.25) is 0 Å². The third kappa shape index (κ3) is 7.31. The third-order valence-electron chi connectivity index (χ3n) is 9.69. The number of carbonyl (C=O) groups excluding carboxylic acids is 3. The quantitative estimate of drug-likeness (QED) is 0.212. The molecular weight excluding hydrogens is 504 g/mol. The smallest absolute Gasteiger partial charge is 0.163 e. The molecule has 1 fully saturated rings. The second kappa shape index (κ2) is 13.1. The van der Waals surface area contributed by atoms with E-state index in [2.05, 4.69) is 57.2 Å². The zero-order chi connectivity index (χ0) is 29.7. The standard InChI is InChI=1S/C38H46O3/c1-25-15-17-29(18-16-25)19-20-34(39)36-33(21-22-38(36,5)6)37(41)28(4)31(23-30-12-8-7-9-13-30)24-35(40)32-14-10-11-26(2)27(32)3/h7-18,28,31,33,36H,19-24H2,1-6H3. The van der Waals surface area contributed by atoms with Gasteiger partial charge in [0.25, 0.3) is 0 Å². The van der Waals surface area contributed by atoms with Crippen LogP contribution in [0.1, 0.15) is 84.6 Å². The van der Waals surface area contributed by atoms with Gasteiger partial charge >= 0.3 is 0 Å².